The second-order valence-corrected chi connectivity index (χ2v) is 8.24. The van der Waals surface area contributed by atoms with Gasteiger partial charge in [0.25, 0.3) is 5.91 Å². The van der Waals surface area contributed by atoms with E-state index in [9.17, 15) is 4.79 Å². The van der Waals surface area contributed by atoms with E-state index in [2.05, 4.69) is 41.3 Å². The summed E-state index contributed by atoms with van der Waals surface area (Å²) < 4.78 is 5.84. The molecule has 5 heteroatoms. The Morgan fingerprint density at radius 3 is 1.97 bits per heavy atom. The number of para-hydroxylation sites is 1. The normalized spacial score (nSPS) is 16.5. The van der Waals surface area contributed by atoms with E-state index >= 15 is 0 Å². The molecule has 1 aliphatic heterocycles. The summed E-state index contributed by atoms with van der Waals surface area (Å²) in [6.07, 6.45) is -0.505. The zero-order valence-corrected chi connectivity index (χ0v) is 18.4. The van der Waals surface area contributed by atoms with Gasteiger partial charge in [-0.25, -0.2) is 0 Å². The quantitative estimate of drug-likeness (QED) is 0.544. The van der Waals surface area contributed by atoms with E-state index < -0.39 is 6.10 Å². The van der Waals surface area contributed by atoms with Crippen LogP contribution in [-0.2, 0) is 4.79 Å². The Morgan fingerprint density at radius 2 is 1.35 bits per heavy atom. The molecular formula is C26H27ClN2O2. The van der Waals surface area contributed by atoms with E-state index in [0.717, 1.165) is 18.1 Å². The first-order valence-electron chi connectivity index (χ1n) is 10.7. The van der Waals surface area contributed by atoms with Crippen molar-refractivity contribution in [3.05, 3.63) is 101 Å². The summed E-state index contributed by atoms with van der Waals surface area (Å²) in [5.41, 5.74) is 2.45. The smallest absolute Gasteiger partial charge is 0.263 e. The Bertz CT molecular complexity index is 971. The maximum atomic E-state index is 12.9. The number of rotatable bonds is 6. The minimum atomic E-state index is -0.505. The van der Waals surface area contributed by atoms with Crippen LogP contribution in [0, 0.1) is 0 Å². The van der Waals surface area contributed by atoms with Crippen LogP contribution in [-0.4, -0.2) is 48.0 Å². The lowest BCUT2D eigenvalue weighted by Gasteiger charge is -2.40. The zero-order valence-electron chi connectivity index (χ0n) is 17.7. The molecular weight excluding hydrogens is 408 g/mol. The van der Waals surface area contributed by atoms with Gasteiger partial charge in [-0.2, -0.15) is 0 Å². The van der Waals surface area contributed by atoms with Crippen molar-refractivity contribution in [2.45, 2.75) is 19.1 Å². The van der Waals surface area contributed by atoms with E-state index in [-0.39, 0.29) is 11.9 Å². The fraction of sp³-hybridized carbons (Fsp3) is 0.269. The van der Waals surface area contributed by atoms with Gasteiger partial charge in [0.1, 0.15) is 5.75 Å². The molecule has 1 aliphatic rings. The van der Waals surface area contributed by atoms with Crippen molar-refractivity contribution in [2.75, 3.05) is 26.2 Å². The SMILES string of the molecule is C[C@@H](Oc1ccccc1)C(=O)N1CCN([C@@H](c2ccccc2)c2ccc(Cl)cc2)CC1. The lowest BCUT2D eigenvalue weighted by molar-refractivity contribution is -0.140. The number of carbonyl (C=O) groups excluding carboxylic acids is 1. The average molecular weight is 435 g/mol. The largest absolute Gasteiger partial charge is 0.481 e. The molecule has 160 valence electrons. The van der Waals surface area contributed by atoms with Gasteiger partial charge in [-0.15, -0.1) is 0 Å². The standard InChI is InChI=1S/C26H27ClN2O2/c1-20(31-24-10-6-3-7-11-24)26(30)29-18-16-28(17-19-29)25(21-8-4-2-5-9-21)22-12-14-23(27)15-13-22/h2-15,20,25H,16-19H2,1H3/t20-,25+/m1/s1. The van der Waals surface area contributed by atoms with Crippen molar-refractivity contribution in [1.82, 2.24) is 9.80 Å². The molecule has 0 saturated carbocycles. The van der Waals surface area contributed by atoms with Crippen LogP contribution in [0.25, 0.3) is 0 Å². The molecule has 0 bridgehead atoms. The Labute approximate surface area is 189 Å². The number of carbonyl (C=O) groups is 1. The second-order valence-electron chi connectivity index (χ2n) is 7.80. The first kappa shape index (κ1) is 21.4. The molecule has 0 spiro atoms. The third-order valence-electron chi connectivity index (χ3n) is 5.70. The summed E-state index contributed by atoms with van der Waals surface area (Å²) in [6, 6.07) is 28.2. The van der Waals surface area contributed by atoms with E-state index in [4.69, 9.17) is 16.3 Å². The van der Waals surface area contributed by atoms with Gasteiger partial charge in [-0.3, -0.25) is 9.69 Å². The van der Waals surface area contributed by atoms with Crippen molar-refractivity contribution in [1.29, 1.82) is 0 Å². The molecule has 0 aromatic heterocycles. The summed E-state index contributed by atoms with van der Waals surface area (Å²) in [5, 5.41) is 0.735. The predicted molar refractivity (Wildman–Crippen MR) is 124 cm³/mol. The number of halogens is 1. The molecule has 0 radical (unpaired) electrons. The Balaban J connectivity index is 1.44. The molecule has 3 aromatic carbocycles. The molecule has 0 aliphatic carbocycles. The molecule has 0 unspecified atom stereocenters. The highest BCUT2D eigenvalue weighted by atomic mass is 35.5. The molecule has 2 atom stereocenters. The van der Waals surface area contributed by atoms with Crippen LogP contribution in [0.3, 0.4) is 0 Å². The minimum Gasteiger partial charge on any atom is -0.481 e. The number of nitrogens with zero attached hydrogens (tertiary/aromatic N) is 2. The number of hydrogen-bond acceptors (Lipinski definition) is 3. The number of ether oxygens (including phenoxy) is 1. The molecule has 1 saturated heterocycles. The third-order valence-corrected chi connectivity index (χ3v) is 5.95. The monoisotopic (exact) mass is 434 g/mol. The van der Waals surface area contributed by atoms with Crippen LogP contribution >= 0.6 is 11.6 Å². The molecule has 1 fully saturated rings. The molecule has 4 rings (SSSR count). The zero-order chi connectivity index (χ0) is 21.6. The van der Waals surface area contributed by atoms with Crippen molar-refractivity contribution < 1.29 is 9.53 Å². The highest BCUT2D eigenvalue weighted by Crippen LogP contribution is 2.30. The van der Waals surface area contributed by atoms with Crippen LogP contribution in [0.15, 0.2) is 84.9 Å². The van der Waals surface area contributed by atoms with Gasteiger partial charge in [0.05, 0.1) is 6.04 Å². The van der Waals surface area contributed by atoms with Crippen LogP contribution in [0.5, 0.6) is 5.75 Å². The van der Waals surface area contributed by atoms with E-state index in [0.29, 0.717) is 18.8 Å². The fourth-order valence-electron chi connectivity index (χ4n) is 4.11. The van der Waals surface area contributed by atoms with Crippen molar-refractivity contribution in [2.24, 2.45) is 0 Å². The van der Waals surface area contributed by atoms with Crippen molar-refractivity contribution >= 4 is 17.5 Å². The summed E-state index contributed by atoms with van der Waals surface area (Å²) in [4.78, 5) is 17.3. The van der Waals surface area contributed by atoms with Gasteiger partial charge in [0.15, 0.2) is 6.10 Å². The van der Waals surface area contributed by atoms with E-state index in [1.165, 1.54) is 11.1 Å². The lowest BCUT2D eigenvalue weighted by Crippen LogP contribution is -2.52. The summed E-state index contributed by atoms with van der Waals surface area (Å²) in [5.74, 6) is 0.750. The molecule has 0 N–H and O–H groups in total. The number of benzene rings is 3. The average Bonchev–Trinajstić information content (AvgIpc) is 2.82. The van der Waals surface area contributed by atoms with Crippen LogP contribution < -0.4 is 4.74 Å². The van der Waals surface area contributed by atoms with Crippen LogP contribution in [0.1, 0.15) is 24.1 Å². The van der Waals surface area contributed by atoms with Gasteiger partial charge in [0.2, 0.25) is 0 Å². The molecule has 4 nitrogen and oxygen atoms in total. The minimum absolute atomic E-state index is 0.0336. The van der Waals surface area contributed by atoms with E-state index in [1.807, 2.05) is 60.4 Å². The Kier molecular flexibility index (Phi) is 6.90. The fourth-order valence-corrected chi connectivity index (χ4v) is 4.23. The molecule has 1 amide bonds. The van der Waals surface area contributed by atoms with Gasteiger partial charge >= 0.3 is 0 Å². The van der Waals surface area contributed by atoms with E-state index in [1.54, 1.807) is 0 Å². The summed E-state index contributed by atoms with van der Waals surface area (Å²) in [6.45, 7) is 4.77. The first-order valence-corrected chi connectivity index (χ1v) is 11.0. The molecule has 31 heavy (non-hydrogen) atoms. The van der Waals surface area contributed by atoms with Crippen molar-refractivity contribution in [3.8, 4) is 5.75 Å². The third kappa shape index (κ3) is 5.27. The number of amides is 1. The highest BCUT2D eigenvalue weighted by Gasteiger charge is 2.30. The first-order chi connectivity index (χ1) is 15.1. The van der Waals surface area contributed by atoms with Crippen molar-refractivity contribution in [3.63, 3.8) is 0 Å². The maximum absolute atomic E-state index is 12.9. The number of piperazine rings is 1. The summed E-state index contributed by atoms with van der Waals surface area (Å²) in [7, 11) is 0. The van der Waals surface area contributed by atoms with Crippen LogP contribution in [0.4, 0.5) is 0 Å². The van der Waals surface area contributed by atoms with Crippen LogP contribution in [0.2, 0.25) is 5.02 Å². The summed E-state index contributed by atoms with van der Waals surface area (Å²) >= 11 is 6.12. The van der Waals surface area contributed by atoms with Gasteiger partial charge in [-0.05, 0) is 42.3 Å². The molecule has 1 heterocycles. The highest BCUT2D eigenvalue weighted by molar-refractivity contribution is 6.30. The van der Waals surface area contributed by atoms with Gasteiger partial charge in [-0.1, -0.05) is 72.3 Å². The Hall–Kier alpha value is -2.82. The topological polar surface area (TPSA) is 32.8 Å². The van der Waals surface area contributed by atoms with Gasteiger partial charge in [0, 0.05) is 31.2 Å². The Morgan fingerprint density at radius 1 is 0.806 bits per heavy atom. The molecule has 3 aromatic rings. The second kappa shape index (κ2) is 9.99. The maximum Gasteiger partial charge on any atom is 0.263 e. The lowest BCUT2D eigenvalue weighted by atomic mass is 9.96. The van der Waals surface area contributed by atoms with Gasteiger partial charge < -0.3 is 9.64 Å². The number of hydrogen-bond donors (Lipinski definition) is 0. The predicted octanol–water partition coefficient (Wildman–Crippen LogP) is 5.04.